The van der Waals surface area contributed by atoms with Crippen LogP contribution < -0.4 is 4.72 Å². The summed E-state index contributed by atoms with van der Waals surface area (Å²) in [5.41, 5.74) is 0.544. The molecule has 2 N–H and O–H groups in total. The topological polar surface area (TPSA) is 83.5 Å². The lowest BCUT2D eigenvalue weighted by atomic mass is 9.95. The molecule has 0 unspecified atom stereocenters. The number of aliphatic carboxylic acids is 1. The van der Waals surface area contributed by atoms with Crippen molar-refractivity contribution >= 4 is 16.0 Å². The molecule has 0 spiro atoms. The Morgan fingerprint density at radius 1 is 1.21 bits per heavy atom. The number of benzene rings is 1. The van der Waals surface area contributed by atoms with Gasteiger partial charge < -0.3 is 5.11 Å². The predicted molar refractivity (Wildman–Crippen MR) is 72.5 cm³/mol. The molecule has 1 aromatic rings. The predicted octanol–water partition coefficient (Wildman–Crippen LogP) is 1.69. The molecule has 19 heavy (non-hydrogen) atoms. The van der Waals surface area contributed by atoms with Crippen molar-refractivity contribution in [3.8, 4) is 0 Å². The zero-order chi connectivity index (χ0) is 14.8. The maximum absolute atomic E-state index is 12.1. The van der Waals surface area contributed by atoms with Crippen molar-refractivity contribution in [3.63, 3.8) is 0 Å². The number of aryl methyl sites for hydroxylation is 2. The second-order valence-corrected chi connectivity index (χ2v) is 7.10. The summed E-state index contributed by atoms with van der Waals surface area (Å²) in [5.74, 6) is -1.05. The minimum atomic E-state index is -3.69. The van der Waals surface area contributed by atoms with Crippen LogP contribution in [-0.4, -0.2) is 26.0 Å². The van der Waals surface area contributed by atoms with E-state index < -0.39 is 21.4 Å². The SMILES string of the molecule is Cc1cc(C)cc(S(=O)(=O)NCC(C)(C)C(=O)O)c1. The molecule has 0 aliphatic rings. The molecule has 0 aromatic heterocycles. The lowest BCUT2D eigenvalue weighted by Gasteiger charge is -2.19. The Morgan fingerprint density at radius 3 is 2.11 bits per heavy atom. The van der Waals surface area contributed by atoms with Crippen LogP contribution in [0.15, 0.2) is 23.1 Å². The number of rotatable bonds is 5. The van der Waals surface area contributed by atoms with Gasteiger partial charge in [0.15, 0.2) is 0 Å². The Balaban J connectivity index is 2.97. The van der Waals surface area contributed by atoms with Crippen LogP contribution in [0.4, 0.5) is 0 Å². The van der Waals surface area contributed by atoms with Crippen LogP contribution in [0.3, 0.4) is 0 Å². The van der Waals surface area contributed by atoms with Crippen LogP contribution in [0.1, 0.15) is 25.0 Å². The summed E-state index contributed by atoms with van der Waals surface area (Å²) < 4.78 is 26.5. The van der Waals surface area contributed by atoms with E-state index in [9.17, 15) is 13.2 Å². The number of sulfonamides is 1. The summed E-state index contributed by atoms with van der Waals surface area (Å²) in [6, 6.07) is 4.99. The van der Waals surface area contributed by atoms with Gasteiger partial charge in [-0.2, -0.15) is 0 Å². The van der Waals surface area contributed by atoms with E-state index in [1.165, 1.54) is 13.8 Å². The van der Waals surface area contributed by atoms with E-state index in [4.69, 9.17) is 5.11 Å². The van der Waals surface area contributed by atoms with E-state index in [0.29, 0.717) is 0 Å². The van der Waals surface area contributed by atoms with Gasteiger partial charge in [-0.3, -0.25) is 4.79 Å². The number of hydrogen-bond donors (Lipinski definition) is 2. The average molecular weight is 285 g/mol. The van der Waals surface area contributed by atoms with Gasteiger partial charge in [-0.25, -0.2) is 13.1 Å². The van der Waals surface area contributed by atoms with E-state index in [1.807, 2.05) is 19.9 Å². The first kappa shape index (κ1) is 15.7. The molecule has 0 atom stereocenters. The Hall–Kier alpha value is -1.40. The van der Waals surface area contributed by atoms with Crippen LogP contribution >= 0.6 is 0 Å². The Bertz CT molecular complexity index is 570. The van der Waals surface area contributed by atoms with Crippen molar-refractivity contribution in [3.05, 3.63) is 29.3 Å². The molecule has 0 bridgehead atoms. The molecule has 0 amide bonds. The second kappa shape index (κ2) is 5.30. The third-order valence-electron chi connectivity index (χ3n) is 2.79. The van der Waals surface area contributed by atoms with Gasteiger partial charge >= 0.3 is 5.97 Å². The molecular weight excluding hydrogens is 266 g/mol. The largest absolute Gasteiger partial charge is 0.481 e. The average Bonchev–Trinajstić information content (AvgIpc) is 2.25. The molecule has 5 nitrogen and oxygen atoms in total. The molecule has 0 saturated carbocycles. The van der Waals surface area contributed by atoms with Crippen LogP contribution in [0.25, 0.3) is 0 Å². The first-order chi connectivity index (χ1) is 8.54. The minimum Gasteiger partial charge on any atom is -0.481 e. The fourth-order valence-corrected chi connectivity index (χ4v) is 2.92. The molecule has 0 aliphatic carbocycles. The van der Waals surface area contributed by atoms with Gasteiger partial charge in [-0.15, -0.1) is 0 Å². The number of carboxylic acids is 1. The molecule has 0 radical (unpaired) electrons. The fourth-order valence-electron chi connectivity index (χ4n) is 1.52. The highest BCUT2D eigenvalue weighted by molar-refractivity contribution is 7.89. The van der Waals surface area contributed by atoms with Crippen molar-refractivity contribution < 1.29 is 18.3 Å². The molecule has 0 heterocycles. The molecular formula is C13H19NO4S. The summed E-state index contributed by atoms with van der Waals surface area (Å²) in [5, 5.41) is 8.96. The second-order valence-electron chi connectivity index (χ2n) is 5.34. The van der Waals surface area contributed by atoms with E-state index >= 15 is 0 Å². The van der Waals surface area contributed by atoms with E-state index in [-0.39, 0.29) is 11.4 Å². The Labute approximate surface area is 113 Å². The molecule has 0 fully saturated rings. The van der Waals surface area contributed by atoms with Crippen molar-refractivity contribution in [1.82, 2.24) is 4.72 Å². The van der Waals surface area contributed by atoms with Gasteiger partial charge in [0.1, 0.15) is 0 Å². The van der Waals surface area contributed by atoms with Crippen LogP contribution in [0.2, 0.25) is 0 Å². The maximum Gasteiger partial charge on any atom is 0.310 e. The third kappa shape index (κ3) is 4.04. The zero-order valence-electron chi connectivity index (χ0n) is 11.5. The van der Waals surface area contributed by atoms with E-state index in [2.05, 4.69) is 4.72 Å². The number of hydrogen-bond acceptors (Lipinski definition) is 3. The molecule has 1 rings (SSSR count). The van der Waals surface area contributed by atoms with Crippen LogP contribution in [0, 0.1) is 19.3 Å². The fraction of sp³-hybridized carbons (Fsp3) is 0.462. The molecule has 6 heteroatoms. The highest BCUT2D eigenvalue weighted by Crippen LogP contribution is 2.17. The van der Waals surface area contributed by atoms with Gasteiger partial charge in [0.05, 0.1) is 10.3 Å². The summed E-state index contributed by atoms with van der Waals surface area (Å²) in [6.07, 6.45) is 0. The Morgan fingerprint density at radius 2 is 1.68 bits per heavy atom. The van der Waals surface area contributed by atoms with Gasteiger partial charge in [-0.1, -0.05) is 6.07 Å². The molecule has 106 valence electrons. The van der Waals surface area contributed by atoms with Gasteiger partial charge in [0.2, 0.25) is 10.0 Å². The normalized spacial score (nSPS) is 12.4. The lowest BCUT2D eigenvalue weighted by Crippen LogP contribution is -2.38. The third-order valence-corrected chi connectivity index (χ3v) is 4.17. The van der Waals surface area contributed by atoms with Crippen molar-refractivity contribution in [2.24, 2.45) is 5.41 Å². The van der Waals surface area contributed by atoms with Crippen LogP contribution in [-0.2, 0) is 14.8 Å². The lowest BCUT2D eigenvalue weighted by molar-refractivity contribution is -0.146. The van der Waals surface area contributed by atoms with Gasteiger partial charge in [0.25, 0.3) is 0 Å². The minimum absolute atomic E-state index is 0.155. The van der Waals surface area contributed by atoms with Gasteiger partial charge in [0, 0.05) is 6.54 Å². The summed E-state index contributed by atoms with van der Waals surface area (Å²) in [7, 11) is -3.69. The number of nitrogens with one attached hydrogen (secondary N) is 1. The monoisotopic (exact) mass is 285 g/mol. The van der Waals surface area contributed by atoms with Crippen molar-refractivity contribution in [1.29, 1.82) is 0 Å². The van der Waals surface area contributed by atoms with Crippen LogP contribution in [0.5, 0.6) is 0 Å². The number of carboxylic acid groups (broad SMARTS) is 1. The standard InChI is InChI=1S/C13H19NO4S/c1-9-5-10(2)7-11(6-9)19(17,18)14-8-13(3,4)12(15)16/h5-7,14H,8H2,1-4H3,(H,15,16). The highest BCUT2D eigenvalue weighted by Gasteiger charge is 2.29. The summed E-state index contributed by atoms with van der Waals surface area (Å²) >= 11 is 0. The Kier molecular flexibility index (Phi) is 4.37. The van der Waals surface area contributed by atoms with E-state index in [1.54, 1.807) is 12.1 Å². The quantitative estimate of drug-likeness (QED) is 0.862. The summed E-state index contributed by atoms with van der Waals surface area (Å²) in [6.45, 7) is 6.41. The smallest absolute Gasteiger partial charge is 0.310 e. The van der Waals surface area contributed by atoms with Crippen molar-refractivity contribution in [2.75, 3.05) is 6.54 Å². The summed E-state index contributed by atoms with van der Waals surface area (Å²) in [4.78, 5) is 11.1. The van der Waals surface area contributed by atoms with Crippen molar-refractivity contribution in [2.45, 2.75) is 32.6 Å². The van der Waals surface area contributed by atoms with Gasteiger partial charge in [-0.05, 0) is 51.0 Å². The molecule has 0 aliphatic heterocycles. The zero-order valence-corrected chi connectivity index (χ0v) is 12.3. The van der Waals surface area contributed by atoms with E-state index in [0.717, 1.165) is 11.1 Å². The first-order valence-electron chi connectivity index (χ1n) is 5.86. The molecule has 1 aromatic carbocycles. The highest BCUT2D eigenvalue weighted by atomic mass is 32.2. The number of carbonyl (C=O) groups is 1. The first-order valence-corrected chi connectivity index (χ1v) is 7.34. The molecule has 0 saturated heterocycles. The maximum atomic E-state index is 12.1.